The molecular formula is C13H16F3N5. The molecule has 2 aromatic rings. The third-order valence-electron chi connectivity index (χ3n) is 3.02. The third-order valence-corrected chi connectivity index (χ3v) is 3.02. The maximum atomic E-state index is 12.9. The van der Waals surface area contributed by atoms with Crippen LogP contribution in [0.4, 0.5) is 19.0 Å². The van der Waals surface area contributed by atoms with Crippen molar-refractivity contribution in [2.45, 2.75) is 33.4 Å². The first-order valence-corrected chi connectivity index (χ1v) is 6.54. The SMILES string of the molecule is CCCNc1cc(-n2cnc(C)c2C)nc(C(F)(F)F)n1. The lowest BCUT2D eigenvalue weighted by atomic mass is 10.3. The molecule has 1 N–H and O–H groups in total. The largest absolute Gasteiger partial charge is 0.451 e. The van der Waals surface area contributed by atoms with Gasteiger partial charge in [0.05, 0.1) is 5.69 Å². The second-order valence-corrected chi connectivity index (χ2v) is 4.64. The molecule has 0 spiro atoms. The summed E-state index contributed by atoms with van der Waals surface area (Å²) < 4.78 is 40.3. The molecule has 8 heteroatoms. The number of anilines is 1. The Morgan fingerprint density at radius 2 is 1.95 bits per heavy atom. The van der Waals surface area contributed by atoms with Crippen LogP contribution in [0.25, 0.3) is 5.82 Å². The molecule has 0 aliphatic carbocycles. The van der Waals surface area contributed by atoms with Crippen molar-refractivity contribution >= 4 is 5.82 Å². The minimum Gasteiger partial charge on any atom is -0.370 e. The van der Waals surface area contributed by atoms with Crippen LogP contribution in [0.2, 0.25) is 0 Å². The molecule has 0 bridgehead atoms. The number of nitrogens with one attached hydrogen (secondary N) is 1. The van der Waals surface area contributed by atoms with E-state index >= 15 is 0 Å². The summed E-state index contributed by atoms with van der Waals surface area (Å²) in [6.45, 7) is 6.02. The van der Waals surface area contributed by atoms with Gasteiger partial charge >= 0.3 is 6.18 Å². The van der Waals surface area contributed by atoms with Crippen molar-refractivity contribution in [1.82, 2.24) is 19.5 Å². The van der Waals surface area contributed by atoms with Crippen LogP contribution in [0, 0.1) is 13.8 Å². The highest BCUT2D eigenvalue weighted by Crippen LogP contribution is 2.28. The van der Waals surface area contributed by atoms with Crippen molar-refractivity contribution < 1.29 is 13.2 Å². The molecule has 0 atom stereocenters. The van der Waals surface area contributed by atoms with Crippen LogP contribution in [0.1, 0.15) is 30.6 Å². The minimum absolute atomic E-state index is 0.147. The van der Waals surface area contributed by atoms with Gasteiger partial charge < -0.3 is 5.32 Å². The molecule has 2 aromatic heterocycles. The van der Waals surface area contributed by atoms with Gasteiger partial charge in [-0.25, -0.2) is 15.0 Å². The van der Waals surface area contributed by atoms with E-state index < -0.39 is 12.0 Å². The number of hydrogen-bond donors (Lipinski definition) is 1. The summed E-state index contributed by atoms with van der Waals surface area (Å²) in [6, 6.07) is 1.49. The summed E-state index contributed by atoms with van der Waals surface area (Å²) in [4.78, 5) is 11.2. The van der Waals surface area contributed by atoms with E-state index in [1.807, 2.05) is 6.92 Å². The molecule has 114 valence electrons. The second kappa shape index (κ2) is 5.71. The van der Waals surface area contributed by atoms with Crippen molar-refractivity contribution in [3.8, 4) is 5.82 Å². The number of halogens is 3. The standard InChI is InChI=1S/C13H16F3N5/c1-4-5-17-10-6-11(20-12(19-10)13(14,15)16)21-7-18-8(2)9(21)3/h6-7H,4-5H2,1-3H3,(H,17,19,20). The highest BCUT2D eigenvalue weighted by molar-refractivity contribution is 5.43. The topological polar surface area (TPSA) is 55.6 Å². The first kappa shape index (κ1) is 15.3. The number of hydrogen-bond acceptors (Lipinski definition) is 4. The van der Waals surface area contributed by atoms with Crippen LogP contribution < -0.4 is 5.32 Å². The number of nitrogens with zero attached hydrogens (tertiary/aromatic N) is 4. The van der Waals surface area contributed by atoms with E-state index in [1.165, 1.54) is 17.0 Å². The van der Waals surface area contributed by atoms with Crippen molar-refractivity contribution in [3.63, 3.8) is 0 Å². The lowest BCUT2D eigenvalue weighted by molar-refractivity contribution is -0.144. The van der Waals surface area contributed by atoms with Crippen molar-refractivity contribution in [1.29, 1.82) is 0 Å². The Balaban J connectivity index is 2.52. The molecule has 0 saturated carbocycles. The van der Waals surface area contributed by atoms with Gasteiger partial charge in [0.2, 0.25) is 5.82 Å². The molecule has 0 amide bonds. The normalized spacial score (nSPS) is 11.7. The van der Waals surface area contributed by atoms with Gasteiger partial charge in [-0.3, -0.25) is 4.57 Å². The highest BCUT2D eigenvalue weighted by Gasteiger charge is 2.35. The minimum atomic E-state index is -4.60. The van der Waals surface area contributed by atoms with Crippen LogP contribution in [-0.4, -0.2) is 26.1 Å². The van der Waals surface area contributed by atoms with Crippen LogP contribution in [0.5, 0.6) is 0 Å². The van der Waals surface area contributed by atoms with E-state index in [1.54, 1.807) is 13.8 Å². The Bertz CT molecular complexity index is 633. The van der Waals surface area contributed by atoms with Gasteiger partial charge in [0.25, 0.3) is 0 Å². The highest BCUT2D eigenvalue weighted by atomic mass is 19.4. The molecule has 0 saturated heterocycles. The monoisotopic (exact) mass is 299 g/mol. The molecule has 0 radical (unpaired) electrons. The number of rotatable bonds is 4. The summed E-state index contributed by atoms with van der Waals surface area (Å²) in [6.07, 6.45) is -2.36. The molecule has 5 nitrogen and oxygen atoms in total. The van der Waals surface area contributed by atoms with Crippen LogP contribution in [0.15, 0.2) is 12.4 Å². The smallest absolute Gasteiger partial charge is 0.370 e. The second-order valence-electron chi connectivity index (χ2n) is 4.64. The van der Waals surface area contributed by atoms with Crippen LogP contribution in [-0.2, 0) is 6.18 Å². The molecule has 2 rings (SSSR count). The Morgan fingerprint density at radius 3 is 2.48 bits per heavy atom. The maximum Gasteiger partial charge on any atom is 0.451 e. The Labute approximate surface area is 120 Å². The lowest BCUT2D eigenvalue weighted by Crippen LogP contribution is -2.16. The Morgan fingerprint density at radius 1 is 1.24 bits per heavy atom. The third kappa shape index (κ3) is 3.32. The first-order chi connectivity index (χ1) is 9.82. The molecule has 2 heterocycles. The molecule has 0 aliphatic rings. The van der Waals surface area contributed by atoms with Crippen molar-refractivity contribution in [2.75, 3.05) is 11.9 Å². The molecular weight excluding hydrogens is 283 g/mol. The van der Waals surface area contributed by atoms with Crippen LogP contribution in [0.3, 0.4) is 0 Å². The van der Waals surface area contributed by atoms with Gasteiger partial charge in [-0.05, 0) is 20.3 Å². The van der Waals surface area contributed by atoms with Gasteiger partial charge in [-0.15, -0.1) is 0 Å². The molecule has 0 fully saturated rings. The lowest BCUT2D eigenvalue weighted by Gasteiger charge is -2.12. The fourth-order valence-electron chi connectivity index (χ4n) is 1.76. The number of imidazole rings is 1. The van der Waals surface area contributed by atoms with Gasteiger partial charge in [0, 0.05) is 18.3 Å². The van der Waals surface area contributed by atoms with Crippen molar-refractivity contribution in [3.05, 3.63) is 29.6 Å². The van der Waals surface area contributed by atoms with Gasteiger partial charge in [0.1, 0.15) is 18.0 Å². The summed E-state index contributed by atoms with van der Waals surface area (Å²) in [7, 11) is 0. The summed E-state index contributed by atoms with van der Waals surface area (Å²) in [5.74, 6) is -0.863. The van der Waals surface area contributed by atoms with E-state index in [-0.39, 0.29) is 11.6 Å². The van der Waals surface area contributed by atoms with E-state index in [0.717, 1.165) is 17.8 Å². The van der Waals surface area contributed by atoms with E-state index in [2.05, 4.69) is 20.3 Å². The quantitative estimate of drug-likeness (QED) is 0.942. The zero-order valence-corrected chi connectivity index (χ0v) is 12.0. The van der Waals surface area contributed by atoms with E-state index in [4.69, 9.17) is 0 Å². The first-order valence-electron chi connectivity index (χ1n) is 6.54. The summed E-state index contributed by atoms with van der Waals surface area (Å²) in [5, 5.41) is 2.86. The average Bonchev–Trinajstić information content (AvgIpc) is 2.75. The summed E-state index contributed by atoms with van der Waals surface area (Å²) >= 11 is 0. The Hall–Kier alpha value is -2.12. The maximum absolute atomic E-state index is 12.9. The summed E-state index contributed by atoms with van der Waals surface area (Å²) in [5.41, 5.74) is 1.48. The van der Waals surface area contributed by atoms with E-state index in [9.17, 15) is 13.2 Å². The molecule has 21 heavy (non-hydrogen) atoms. The fraction of sp³-hybridized carbons (Fsp3) is 0.462. The average molecular weight is 299 g/mol. The molecule has 0 aliphatic heterocycles. The number of alkyl halides is 3. The van der Waals surface area contributed by atoms with E-state index in [0.29, 0.717) is 6.54 Å². The predicted octanol–water partition coefficient (Wildman–Crippen LogP) is 3.12. The zero-order valence-electron chi connectivity index (χ0n) is 12.0. The zero-order chi connectivity index (χ0) is 15.6. The van der Waals surface area contributed by atoms with Crippen molar-refractivity contribution in [2.24, 2.45) is 0 Å². The molecule has 0 unspecified atom stereocenters. The van der Waals surface area contributed by atoms with Gasteiger partial charge in [-0.2, -0.15) is 13.2 Å². The number of aromatic nitrogens is 4. The van der Waals surface area contributed by atoms with Crippen LogP contribution >= 0.6 is 0 Å². The predicted molar refractivity (Wildman–Crippen MR) is 72.4 cm³/mol. The van der Waals surface area contributed by atoms with Gasteiger partial charge in [0.15, 0.2) is 0 Å². The van der Waals surface area contributed by atoms with Gasteiger partial charge in [-0.1, -0.05) is 6.92 Å². The fourth-order valence-corrected chi connectivity index (χ4v) is 1.76. The number of aryl methyl sites for hydroxylation is 1. The Kier molecular flexibility index (Phi) is 4.15. The molecule has 0 aromatic carbocycles.